The van der Waals surface area contributed by atoms with Gasteiger partial charge in [0.1, 0.15) is 0 Å². The Morgan fingerprint density at radius 2 is 1.32 bits per heavy atom. The summed E-state index contributed by atoms with van der Waals surface area (Å²) in [7, 11) is 0. The number of allylic oxidation sites excluding steroid dienone is 2. The number of unbranched alkanes of at least 4 members (excludes halogenated alkanes) is 4. The molecule has 0 amide bonds. The van der Waals surface area contributed by atoms with Gasteiger partial charge in [0.15, 0.2) is 0 Å². The van der Waals surface area contributed by atoms with Crippen LogP contribution in [0, 0.1) is 0 Å². The van der Waals surface area contributed by atoms with Crippen LogP contribution in [0.5, 0.6) is 0 Å². The first kappa shape index (κ1) is 22.5. The second-order valence-corrected chi connectivity index (χ2v) is 21.2. The van der Waals surface area contributed by atoms with E-state index in [0.717, 1.165) is 16.8 Å². The van der Waals surface area contributed by atoms with E-state index in [2.05, 4.69) is 39.8 Å². The van der Waals surface area contributed by atoms with Gasteiger partial charge in [0, 0.05) is 0 Å². The van der Waals surface area contributed by atoms with Crippen molar-refractivity contribution in [2.45, 2.75) is 103 Å². The molecule has 0 saturated heterocycles. The molecule has 0 aliphatic rings. The molecular formula is C20H42OSn. The van der Waals surface area contributed by atoms with Gasteiger partial charge >= 0.3 is 145 Å². The Kier molecular flexibility index (Phi) is 15.4. The SMILES string of the molecule is CCC[CH2][Sn]([CH2]CCC)([CH2]CCC)[CH](/C=C\CCCO)CC. The summed E-state index contributed by atoms with van der Waals surface area (Å²) in [5.74, 6) is 0. The summed E-state index contributed by atoms with van der Waals surface area (Å²) in [4.78, 5) is 0. The molecular weight excluding hydrogens is 375 g/mol. The van der Waals surface area contributed by atoms with E-state index in [9.17, 15) is 0 Å². The van der Waals surface area contributed by atoms with Crippen molar-refractivity contribution < 1.29 is 5.11 Å². The van der Waals surface area contributed by atoms with E-state index in [4.69, 9.17) is 5.11 Å². The average Bonchev–Trinajstić information content (AvgIpc) is 2.55. The van der Waals surface area contributed by atoms with E-state index in [1.165, 1.54) is 44.9 Å². The standard InChI is InChI=1S/C8H15O.3C4H9.Sn/c1-2-3-4-5-6-7-8-9;3*1-3-4-2;/h3-5,9H,2,6-8H2,1H3;3*1,3-4H2,2H3;/b5-4-;;;;. The topological polar surface area (TPSA) is 20.2 Å². The molecule has 0 fully saturated rings. The van der Waals surface area contributed by atoms with Crippen molar-refractivity contribution in [3.8, 4) is 0 Å². The monoisotopic (exact) mass is 418 g/mol. The summed E-state index contributed by atoms with van der Waals surface area (Å²) in [5.41, 5.74) is 0. The summed E-state index contributed by atoms with van der Waals surface area (Å²) in [6.45, 7) is 9.81. The molecule has 1 unspecified atom stereocenters. The second-order valence-electron chi connectivity index (χ2n) is 6.98. The summed E-state index contributed by atoms with van der Waals surface area (Å²) in [6, 6.07) is 0. The van der Waals surface area contributed by atoms with Gasteiger partial charge in [-0.2, -0.15) is 0 Å². The van der Waals surface area contributed by atoms with Crippen LogP contribution in [-0.2, 0) is 0 Å². The van der Waals surface area contributed by atoms with E-state index >= 15 is 0 Å². The molecule has 1 atom stereocenters. The fourth-order valence-corrected chi connectivity index (χ4v) is 22.2. The Bertz CT molecular complexity index is 241. The molecule has 0 aliphatic heterocycles. The zero-order chi connectivity index (χ0) is 16.7. The van der Waals surface area contributed by atoms with Crippen LogP contribution in [0.3, 0.4) is 0 Å². The maximum absolute atomic E-state index is 8.98. The predicted octanol–water partition coefficient (Wildman–Crippen LogP) is 6.94. The van der Waals surface area contributed by atoms with Crippen molar-refractivity contribution in [2.24, 2.45) is 0 Å². The molecule has 0 rings (SSSR count). The van der Waals surface area contributed by atoms with Gasteiger partial charge in [0.2, 0.25) is 0 Å². The number of hydrogen-bond donors (Lipinski definition) is 1. The van der Waals surface area contributed by atoms with E-state index < -0.39 is 18.4 Å². The van der Waals surface area contributed by atoms with Gasteiger partial charge in [0.05, 0.1) is 0 Å². The van der Waals surface area contributed by atoms with Crippen molar-refractivity contribution in [2.75, 3.05) is 6.61 Å². The van der Waals surface area contributed by atoms with E-state index in [-0.39, 0.29) is 0 Å². The molecule has 0 bridgehead atoms. The van der Waals surface area contributed by atoms with Crippen molar-refractivity contribution in [3.63, 3.8) is 0 Å². The van der Waals surface area contributed by atoms with E-state index in [1.807, 2.05) is 0 Å². The average molecular weight is 417 g/mol. The molecule has 2 heteroatoms. The fourth-order valence-electron chi connectivity index (χ4n) is 3.76. The first-order valence-corrected chi connectivity index (χ1v) is 17.7. The number of rotatable bonds is 15. The third kappa shape index (κ3) is 8.96. The van der Waals surface area contributed by atoms with Crippen LogP contribution >= 0.6 is 0 Å². The molecule has 0 aliphatic carbocycles. The number of hydrogen-bond acceptors (Lipinski definition) is 1. The van der Waals surface area contributed by atoms with Crippen LogP contribution in [0.2, 0.25) is 17.2 Å². The van der Waals surface area contributed by atoms with E-state index in [1.54, 1.807) is 13.3 Å². The molecule has 0 heterocycles. The Morgan fingerprint density at radius 3 is 1.68 bits per heavy atom. The summed E-state index contributed by atoms with van der Waals surface area (Å²) in [6.07, 6.45) is 16.8. The predicted molar refractivity (Wildman–Crippen MR) is 104 cm³/mol. The van der Waals surface area contributed by atoms with Gasteiger partial charge in [-0.05, 0) is 0 Å². The molecule has 1 nitrogen and oxygen atoms in total. The van der Waals surface area contributed by atoms with Crippen LogP contribution in [-0.4, -0.2) is 30.1 Å². The molecule has 0 radical (unpaired) electrons. The molecule has 0 spiro atoms. The van der Waals surface area contributed by atoms with Crippen LogP contribution in [0.4, 0.5) is 0 Å². The van der Waals surface area contributed by atoms with Gasteiger partial charge in [-0.3, -0.25) is 0 Å². The first-order valence-electron chi connectivity index (χ1n) is 9.98. The van der Waals surface area contributed by atoms with Crippen LogP contribution in [0.15, 0.2) is 12.2 Å². The van der Waals surface area contributed by atoms with Gasteiger partial charge in [-0.25, -0.2) is 0 Å². The zero-order valence-electron chi connectivity index (χ0n) is 15.9. The Balaban J connectivity index is 5.08. The molecule has 132 valence electrons. The van der Waals surface area contributed by atoms with Crippen molar-refractivity contribution >= 4 is 18.4 Å². The van der Waals surface area contributed by atoms with Crippen molar-refractivity contribution in [1.29, 1.82) is 0 Å². The van der Waals surface area contributed by atoms with Crippen LogP contribution in [0.25, 0.3) is 0 Å². The van der Waals surface area contributed by atoms with Crippen molar-refractivity contribution in [1.82, 2.24) is 0 Å². The fraction of sp³-hybridized carbons (Fsp3) is 0.900. The van der Waals surface area contributed by atoms with Crippen LogP contribution in [0.1, 0.15) is 85.5 Å². The quantitative estimate of drug-likeness (QED) is 0.174. The summed E-state index contributed by atoms with van der Waals surface area (Å²) in [5, 5.41) is 8.98. The number of aliphatic hydroxyl groups is 1. The Hall–Kier alpha value is 0.499. The van der Waals surface area contributed by atoms with Gasteiger partial charge < -0.3 is 0 Å². The molecule has 0 saturated carbocycles. The minimum atomic E-state index is -2.08. The second kappa shape index (κ2) is 15.1. The summed E-state index contributed by atoms with van der Waals surface area (Å²) < 4.78 is 5.74. The minimum absolute atomic E-state index is 0.330. The Labute approximate surface area is 144 Å². The first-order chi connectivity index (χ1) is 10.7. The molecule has 1 N–H and O–H groups in total. The normalized spacial score (nSPS) is 13.9. The summed E-state index contributed by atoms with van der Waals surface area (Å²) >= 11 is -2.08. The van der Waals surface area contributed by atoms with Gasteiger partial charge in [-0.15, -0.1) is 0 Å². The molecule has 0 aromatic heterocycles. The molecule has 0 aromatic carbocycles. The zero-order valence-corrected chi connectivity index (χ0v) is 18.7. The third-order valence-corrected chi connectivity index (χ3v) is 23.0. The van der Waals surface area contributed by atoms with Crippen LogP contribution < -0.4 is 0 Å². The molecule has 22 heavy (non-hydrogen) atoms. The third-order valence-electron chi connectivity index (χ3n) is 5.21. The Morgan fingerprint density at radius 1 is 0.818 bits per heavy atom. The maximum atomic E-state index is 8.98. The van der Waals surface area contributed by atoms with Gasteiger partial charge in [-0.1, -0.05) is 0 Å². The van der Waals surface area contributed by atoms with E-state index in [0.29, 0.717) is 6.61 Å². The number of aliphatic hydroxyl groups excluding tert-OH is 1. The van der Waals surface area contributed by atoms with Crippen molar-refractivity contribution in [3.05, 3.63) is 12.2 Å². The van der Waals surface area contributed by atoms with Gasteiger partial charge in [0.25, 0.3) is 0 Å². The molecule has 0 aromatic rings.